The lowest BCUT2D eigenvalue weighted by Crippen LogP contribution is -2.31. The van der Waals surface area contributed by atoms with Crippen LogP contribution in [-0.2, 0) is 9.53 Å². The second-order valence-electron chi connectivity index (χ2n) is 5.41. The van der Waals surface area contributed by atoms with E-state index >= 15 is 0 Å². The van der Waals surface area contributed by atoms with Crippen LogP contribution in [0, 0.1) is 0 Å². The molecule has 2 aromatic carbocycles. The molecule has 0 spiro atoms. The van der Waals surface area contributed by atoms with Gasteiger partial charge < -0.3 is 9.84 Å². The number of methoxy groups -OCH3 is 1. The maximum absolute atomic E-state index is 12.6. The monoisotopic (exact) mass is 391 g/mol. The maximum Gasteiger partial charge on any atom is 0.419 e. The fourth-order valence-corrected chi connectivity index (χ4v) is 3.10. The third-order valence-corrected chi connectivity index (χ3v) is 4.22. The number of anilines is 1. The number of nitrogens with zero attached hydrogens (tertiary/aromatic N) is 1. The third kappa shape index (κ3) is 3.16. The van der Waals surface area contributed by atoms with Crippen LogP contribution in [0.2, 0.25) is 10.0 Å². The number of hydrogen-bond donors (Lipinski definition) is 1. The Bertz CT molecular complexity index is 984. The Morgan fingerprint density at radius 2 is 1.85 bits per heavy atom. The zero-order chi connectivity index (χ0) is 19.0. The molecule has 1 aliphatic heterocycles. The molecule has 6 nitrogen and oxygen atoms in total. The number of carbonyl (C=O) groups excluding carboxylic acids is 2. The summed E-state index contributed by atoms with van der Waals surface area (Å²) in [6, 6.07) is 9.01. The zero-order valence-electron chi connectivity index (χ0n) is 13.3. The molecule has 26 heavy (non-hydrogen) atoms. The van der Waals surface area contributed by atoms with Crippen molar-refractivity contribution in [3.8, 4) is 0 Å². The van der Waals surface area contributed by atoms with Gasteiger partial charge in [0.2, 0.25) is 0 Å². The summed E-state index contributed by atoms with van der Waals surface area (Å²) in [6.45, 7) is 0. The van der Waals surface area contributed by atoms with Gasteiger partial charge in [-0.1, -0.05) is 29.3 Å². The summed E-state index contributed by atoms with van der Waals surface area (Å²) >= 11 is 12.0. The van der Waals surface area contributed by atoms with Gasteiger partial charge in [0.25, 0.3) is 5.91 Å². The first-order valence-electron chi connectivity index (χ1n) is 7.29. The molecular formula is C18H11Cl2NO5. The molecule has 0 radical (unpaired) electrons. The largest absolute Gasteiger partial charge is 0.465 e. The number of halogens is 2. The number of carbonyl (C=O) groups is 3. The molecule has 0 aliphatic carbocycles. The molecule has 8 heteroatoms. The number of benzene rings is 2. The summed E-state index contributed by atoms with van der Waals surface area (Å²) in [7, 11) is 1.24. The fraction of sp³-hybridized carbons (Fsp3) is 0.0556. The summed E-state index contributed by atoms with van der Waals surface area (Å²) in [4.78, 5) is 36.4. The number of hydrogen-bond acceptors (Lipinski definition) is 4. The van der Waals surface area contributed by atoms with E-state index in [1.54, 1.807) is 18.2 Å². The Morgan fingerprint density at radius 3 is 2.50 bits per heavy atom. The highest BCUT2D eigenvalue weighted by atomic mass is 35.5. The molecule has 1 N–H and O–H groups in total. The Kier molecular flexibility index (Phi) is 4.71. The first-order valence-corrected chi connectivity index (χ1v) is 8.05. The van der Waals surface area contributed by atoms with Crippen LogP contribution < -0.4 is 4.90 Å². The Balaban J connectivity index is 2.15. The summed E-state index contributed by atoms with van der Waals surface area (Å²) in [6.07, 6.45) is 0.0549. The fourth-order valence-electron chi connectivity index (χ4n) is 2.69. The van der Waals surface area contributed by atoms with Crippen molar-refractivity contribution in [2.24, 2.45) is 0 Å². The summed E-state index contributed by atoms with van der Waals surface area (Å²) in [5, 5.41) is 9.93. The smallest absolute Gasteiger partial charge is 0.419 e. The van der Waals surface area contributed by atoms with E-state index in [-0.39, 0.29) is 21.8 Å². The molecule has 2 aromatic rings. The van der Waals surface area contributed by atoms with Crippen molar-refractivity contribution in [3.63, 3.8) is 0 Å². The average molecular weight is 392 g/mol. The molecule has 0 saturated carbocycles. The highest BCUT2D eigenvalue weighted by molar-refractivity contribution is 6.42. The normalized spacial score (nSPS) is 14.5. The van der Waals surface area contributed by atoms with Gasteiger partial charge in [-0.25, -0.2) is 14.5 Å². The molecule has 0 saturated heterocycles. The summed E-state index contributed by atoms with van der Waals surface area (Å²) < 4.78 is 4.67. The number of fused-ring (bicyclic) bond motifs is 1. The van der Waals surface area contributed by atoms with Gasteiger partial charge in [-0.2, -0.15) is 0 Å². The van der Waals surface area contributed by atoms with Gasteiger partial charge in [0.1, 0.15) is 0 Å². The quantitative estimate of drug-likeness (QED) is 0.607. The first-order chi connectivity index (χ1) is 12.3. The molecule has 132 valence electrons. The second kappa shape index (κ2) is 6.82. The lowest BCUT2D eigenvalue weighted by atomic mass is 10.0. The van der Waals surface area contributed by atoms with Gasteiger partial charge in [0, 0.05) is 15.6 Å². The molecule has 0 aromatic heterocycles. The summed E-state index contributed by atoms with van der Waals surface area (Å²) in [5.74, 6) is -1.29. The van der Waals surface area contributed by atoms with Crippen LogP contribution in [0.4, 0.5) is 10.5 Å². The summed E-state index contributed by atoms with van der Waals surface area (Å²) in [5.41, 5.74) is 1.41. The standard InChI is InChI=1S/C18H11Cl2NO5/c1-26-17(23)10-4-9(5-12(20)7-10)6-14-13-3-2-11(19)8-15(13)21(16(14)22)18(24)25/h2-8H,1H3,(H,24,25)/b14-6-. The van der Waals surface area contributed by atoms with Crippen LogP contribution in [0.15, 0.2) is 36.4 Å². The van der Waals surface area contributed by atoms with E-state index in [0.29, 0.717) is 21.0 Å². The van der Waals surface area contributed by atoms with E-state index in [9.17, 15) is 19.5 Å². The SMILES string of the molecule is COC(=O)c1cc(Cl)cc(/C=C2\C(=O)N(C(=O)O)c3cc(Cl)ccc32)c1. The molecule has 0 atom stereocenters. The lowest BCUT2D eigenvalue weighted by Gasteiger charge is -2.09. The van der Waals surface area contributed by atoms with Gasteiger partial charge in [-0.05, 0) is 42.0 Å². The second-order valence-corrected chi connectivity index (χ2v) is 6.28. The number of rotatable bonds is 2. The molecule has 1 heterocycles. The zero-order valence-corrected chi connectivity index (χ0v) is 14.8. The molecule has 0 unspecified atom stereocenters. The lowest BCUT2D eigenvalue weighted by molar-refractivity contribution is -0.112. The van der Waals surface area contributed by atoms with Crippen molar-refractivity contribution in [3.05, 3.63) is 63.1 Å². The van der Waals surface area contributed by atoms with E-state index in [1.807, 2.05) is 0 Å². The predicted molar refractivity (Wildman–Crippen MR) is 97.6 cm³/mol. The molecule has 0 fully saturated rings. The van der Waals surface area contributed by atoms with Crippen molar-refractivity contribution in [1.29, 1.82) is 0 Å². The maximum atomic E-state index is 12.6. The highest BCUT2D eigenvalue weighted by Gasteiger charge is 2.36. The van der Waals surface area contributed by atoms with E-state index in [4.69, 9.17) is 23.2 Å². The van der Waals surface area contributed by atoms with Crippen molar-refractivity contribution in [1.82, 2.24) is 0 Å². The minimum absolute atomic E-state index is 0.150. The van der Waals surface area contributed by atoms with Crippen molar-refractivity contribution in [2.75, 3.05) is 12.0 Å². The van der Waals surface area contributed by atoms with Crippen LogP contribution in [0.25, 0.3) is 11.6 Å². The van der Waals surface area contributed by atoms with Gasteiger partial charge in [-0.15, -0.1) is 0 Å². The molecular weight excluding hydrogens is 381 g/mol. The number of amides is 2. The van der Waals surface area contributed by atoms with E-state index in [1.165, 1.54) is 31.4 Å². The average Bonchev–Trinajstić information content (AvgIpc) is 2.84. The Labute approximate surface area is 158 Å². The molecule has 0 bridgehead atoms. The van der Waals surface area contributed by atoms with Gasteiger partial charge >= 0.3 is 12.1 Å². The van der Waals surface area contributed by atoms with Gasteiger partial charge in [0.15, 0.2) is 0 Å². The number of ether oxygens (including phenoxy) is 1. The van der Waals surface area contributed by atoms with Crippen LogP contribution in [0.3, 0.4) is 0 Å². The number of carboxylic acid groups (broad SMARTS) is 1. The molecule has 1 aliphatic rings. The minimum Gasteiger partial charge on any atom is -0.465 e. The van der Waals surface area contributed by atoms with E-state index in [0.717, 1.165) is 0 Å². The van der Waals surface area contributed by atoms with E-state index in [2.05, 4.69) is 4.74 Å². The van der Waals surface area contributed by atoms with Crippen LogP contribution >= 0.6 is 23.2 Å². The minimum atomic E-state index is -1.41. The van der Waals surface area contributed by atoms with Gasteiger partial charge in [0.05, 0.1) is 23.9 Å². The molecule has 2 amide bonds. The van der Waals surface area contributed by atoms with Crippen molar-refractivity contribution < 1.29 is 24.2 Å². The van der Waals surface area contributed by atoms with E-state index < -0.39 is 18.0 Å². The predicted octanol–water partition coefficient (Wildman–Crippen LogP) is 4.35. The number of imide groups is 1. The Hall–Kier alpha value is -2.83. The van der Waals surface area contributed by atoms with Crippen LogP contribution in [0.5, 0.6) is 0 Å². The number of esters is 1. The van der Waals surface area contributed by atoms with Crippen molar-refractivity contribution in [2.45, 2.75) is 0 Å². The Morgan fingerprint density at radius 1 is 1.12 bits per heavy atom. The van der Waals surface area contributed by atoms with Crippen LogP contribution in [-0.4, -0.2) is 30.2 Å². The van der Waals surface area contributed by atoms with Gasteiger partial charge in [-0.3, -0.25) is 4.79 Å². The van der Waals surface area contributed by atoms with Crippen molar-refractivity contribution >= 4 is 58.5 Å². The third-order valence-electron chi connectivity index (χ3n) is 3.77. The first kappa shape index (κ1) is 18.0. The molecule has 3 rings (SSSR count). The topological polar surface area (TPSA) is 83.9 Å². The highest BCUT2D eigenvalue weighted by Crippen LogP contribution is 2.39. The van der Waals surface area contributed by atoms with Crippen LogP contribution in [0.1, 0.15) is 21.5 Å².